The zero-order chi connectivity index (χ0) is 18.4. The van der Waals surface area contributed by atoms with Crippen LogP contribution in [-0.4, -0.2) is 62.3 Å². The quantitative estimate of drug-likeness (QED) is 0.717. The third-order valence-corrected chi connectivity index (χ3v) is 4.27. The Hall–Kier alpha value is -2.48. The Kier molecular flexibility index (Phi) is 6.46. The molecule has 1 unspecified atom stereocenters. The molecule has 1 aliphatic heterocycles. The van der Waals surface area contributed by atoms with Gasteiger partial charge < -0.3 is 24.6 Å². The number of amides is 1. The predicted octanol–water partition coefficient (Wildman–Crippen LogP) is 0.878. The molecule has 1 aromatic rings. The van der Waals surface area contributed by atoms with Crippen LogP contribution in [0.15, 0.2) is 12.1 Å². The number of benzene rings is 1. The van der Waals surface area contributed by atoms with Crippen LogP contribution in [0.3, 0.4) is 0 Å². The molecule has 138 valence electrons. The van der Waals surface area contributed by atoms with E-state index in [1.165, 1.54) is 14.2 Å². The van der Waals surface area contributed by atoms with Gasteiger partial charge >= 0.3 is 5.97 Å². The number of carboxylic acid groups (broad SMARTS) is 1. The molecule has 8 nitrogen and oxygen atoms in total. The van der Waals surface area contributed by atoms with E-state index in [9.17, 15) is 14.7 Å². The molecule has 0 aliphatic carbocycles. The number of hydrogen-bond acceptors (Lipinski definition) is 6. The van der Waals surface area contributed by atoms with Gasteiger partial charge in [0.15, 0.2) is 0 Å². The molecular formula is C17H24N2O6. The van der Waals surface area contributed by atoms with Gasteiger partial charge in [0.25, 0.3) is 0 Å². The molecule has 0 saturated carbocycles. The van der Waals surface area contributed by atoms with Gasteiger partial charge in [0, 0.05) is 12.1 Å². The maximum absolute atomic E-state index is 12.2. The lowest BCUT2D eigenvalue weighted by atomic mass is 10.1. The standard InChI is InChI=1S/C17H24N2O6/c1-23-11-7-14(24-2)12(15(8-11)25-3)9-18-16(20)10-19-6-4-5-13(19)17(21)22/h7-8,13H,4-6,9-10H2,1-3H3,(H,18,20)(H,21,22). The largest absolute Gasteiger partial charge is 0.496 e. The number of nitrogens with zero attached hydrogens (tertiary/aromatic N) is 1. The molecule has 1 aromatic carbocycles. The molecule has 1 fully saturated rings. The number of carbonyl (C=O) groups excluding carboxylic acids is 1. The second-order valence-electron chi connectivity index (χ2n) is 5.75. The maximum Gasteiger partial charge on any atom is 0.320 e. The molecule has 0 aromatic heterocycles. The van der Waals surface area contributed by atoms with Crippen LogP contribution in [0.2, 0.25) is 0 Å². The lowest BCUT2D eigenvalue weighted by Crippen LogP contribution is -2.42. The van der Waals surface area contributed by atoms with Gasteiger partial charge in [-0.3, -0.25) is 14.5 Å². The van der Waals surface area contributed by atoms with E-state index in [4.69, 9.17) is 14.2 Å². The molecule has 0 spiro atoms. The highest BCUT2D eigenvalue weighted by atomic mass is 16.5. The minimum atomic E-state index is -0.885. The normalized spacial score (nSPS) is 17.2. The highest BCUT2D eigenvalue weighted by Gasteiger charge is 2.31. The van der Waals surface area contributed by atoms with Crippen LogP contribution >= 0.6 is 0 Å². The van der Waals surface area contributed by atoms with Crippen molar-refractivity contribution < 1.29 is 28.9 Å². The van der Waals surface area contributed by atoms with Crippen molar-refractivity contribution in [1.29, 1.82) is 0 Å². The van der Waals surface area contributed by atoms with E-state index in [0.29, 0.717) is 35.8 Å². The zero-order valence-corrected chi connectivity index (χ0v) is 14.7. The molecule has 1 amide bonds. The number of carboxylic acids is 1. The van der Waals surface area contributed by atoms with Crippen molar-refractivity contribution >= 4 is 11.9 Å². The number of rotatable bonds is 8. The van der Waals surface area contributed by atoms with Crippen LogP contribution in [0, 0.1) is 0 Å². The van der Waals surface area contributed by atoms with Crippen LogP contribution in [-0.2, 0) is 16.1 Å². The summed E-state index contributed by atoms with van der Waals surface area (Å²) in [7, 11) is 4.60. The highest BCUT2D eigenvalue weighted by molar-refractivity contribution is 5.80. The molecule has 2 rings (SSSR count). The van der Waals surface area contributed by atoms with Crippen LogP contribution in [0.1, 0.15) is 18.4 Å². The van der Waals surface area contributed by atoms with E-state index in [-0.39, 0.29) is 19.0 Å². The summed E-state index contributed by atoms with van der Waals surface area (Å²) >= 11 is 0. The van der Waals surface area contributed by atoms with Crippen molar-refractivity contribution in [2.24, 2.45) is 0 Å². The van der Waals surface area contributed by atoms with Crippen molar-refractivity contribution in [2.45, 2.75) is 25.4 Å². The molecule has 0 bridgehead atoms. The summed E-state index contributed by atoms with van der Waals surface area (Å²) < 4.78 is 15.9. The summed E-state index contributed by atoms with van der Waals surface area (Å²) in [5, 5.41) is 12.0. The third kappa shape index (κ3) is 4.54. The number of hydrogen-bond donors (Lipinski definition) is 2. The summed E-state index contributed by atoms with van der Waals surface area (Å²) in [5.74, 6) is 0.546. The van der Waals surface area contributed by atoms with E-state index < -0.39 is 12.0 Å². The molecule has 8 heteroatoms. The van der Waals surface area contributed by atoms with E-state index >= 15 is 0 Å². The zero-order valence-electron chi connectivity index (χ0n) is 14.7. The Morgan fingerprint density at radius 1 is 1.20 bits per heavy atom. The fraction of sp³-hybridized carbons (Fsp3) is 0.529. The summed E-state index contributed by atoms with van der Waals surface area (Å²) in [6.45, 7) is 0.873. The third-order valence-electron chi connectivity index (χ3n) is 4.27. The van der Waals surface area contributed by atoms with Crippen molar-refractivity contribution in [3.63, 3.8) is 0 Å². The average molecular weight is 352 g/mol. The average Bonchev–Trinajstić information content (AvgIpc) is 3.07. The van der Waals surface area contributed by atoms with Gasteiger partial charge in [-0.15, -0.1) is 0 Å². The molecule has 1 saturated heterocycles. The lowest BCUT2D eigenvalue weighted by Gasteiger charge is -2.21. The molecule has 25 heavy (non-hydrogen) atoms. The van der Waals surface area contributed by atoms with Gasteiger partial charge in [-0.05, 0) is 19.4 Å². The molecule has 0 radical (unpaired) electrons. The Labute approximate surface area is 146 Å². The second kappa shape index (κ2) is 8.57. The van der Waals surface area contributed by atoms with Gasteiger partial charge in [-0.25, -0.2) is 0 Å². The second-order valence-corrected chi connectivity index (χ2v) is 5.75. The maximum atomic E-state index is 12.2. The number of ether oxygens (including phenoxy) is 3. The minimum Gasteiger partial charge on any atom is -0.496 e. The summed E-state index contributed by atoms with van der Waals surface area (Å²) in [4.78, 5) is 25.1. The van der Waals surface area contributed by atoms with Crippen LogP contribution in [0.4, 0.5) is 0 Å². The number of methoxy groups -OCH3 is 3. The summed E-state index contributed by atoms with van der Waals surface area (Å²) in [5.41, 5.74) is 0.690. The summed E-state index contributed by atoms with van der Waals surface area (Å²) in [6.07, 6.45) is 1.35. The summed E-state index contributed by atoms with van der Waals surface area (Å²) in [6, 6.07) is 2.84. The van der Waals surface area contributed by atoms with Crippen LogP contribution < -0.4 is 19.5 Å². The first kappa shape index (κ1) is 18.9. The Morgan fingerprint density at radius 2 is 1.84 bits per heavy atom. The van der Waals surface area contributed by atoms with E-state index in [2.05, 4.69) is 5.32 Å². The number of nitrogens with one attached hydrogen (secondary N) is 1. The van der Waals surface area contributed by atoms with E-state index in [1.807, 2.05) is 0 Å². The van der Waals surface area contributed by atoms with Gasteiger partial charge in [0.05, 0.1) is 40.0 Å². The smallest absolute Gasteiger partial charge is 0.320 e. The lowest BCUT2D eigenvalue weighted by molar-refractivity contribution is -0.142. The van der Waals surface area contributed by atoms with E-state index in [0.717, 1.165) is 6.42 Å². The Balaban J connectivity index is 2.03. The first-order chi connectivity index (χ1) is 12.0. The van der Waals surface area contributed by atoms with Crippen LogP contribution in [0.25, 0.3) is 0 Å². The SMILES string of the molecule is COc1cc(OC)c(CNC(=O)CN2CCCC2C(=O)O)c(OC)c1. The minimum absolute atomic E-state index is 0.0533. The van der Waals surface area contributed by atoms with Crippen molar-refractivity contribution in [1.82, 2.24) is 10.2 Å². The van der Waals surface area contributed by atoms with Crippen molar-refractivity contribution in [3.05, 3.63) is 17.7 Å². The Bertz CT molecular complexity index is 609. The molecular weight excluding hydrogens is 328 g/mol. The fourth-order valence-corrected chi connectivity index (χ4v) is 2.97. The van der Waals surface area contributed by atoms with Gasteiger partial charge in [-0.1, -0.05) is 0 Å². The Morgan fingerprint density at radius 3 is 2.36 bits per heavy atom. The molecule has 1 aliphatic rings. The van der Waals surface area contributed by atoms with E-state index in [1.54, 1.807) is 24.1 Å². The molecule has 1 heterocycles. The monoisotopic (exact) mass is 352 g/mol. The van der Waals surface area contributed by atoms with Crippen molar-refractivity contribution in [3.8, 4) is 17.2 Å². The van der Waals surface area contributed by atoms with Gasteiger partial charge in [-0.2, -0.15) is 0 Å². The van der Waals surface area contributed by atoms with Gasteiger partial charge in [0.2, 0.25) is 5.91 Å². The fourth-order valence-electron chi connectivity index (χ4n) is 2.97. The van der Waals surface area contributed by atoms with Gasteiger partial charge in [0.1, 0.15) is 23.3 Å². The number of aliphatic carboxylic acids is 1. The molecule has 1 atom stereocenters. The first-order valence-corrected chi connectivity index (χ1v) is 8.02. The van der Waals surface area contributed by atoms with Crippen molar-refractivity contribution in [2.75, 3.05) is 34.4 Å². The molecule has 2 N–H and O–H groups in total. The number of likely N-dealkylation sites (tertiary alicyclic amines) is 1. The van der Waals surface area contributed by atoms with Crippen LogP contribution in [0.5, 0.6) is 17.2 Å². The first-order valence-electron chi connectivity index (χ1n) is 8.02. The highest BCUT2D eigenvalue weighted by Crippen LogP contribution is 2.33. The predicted molar refractivity (Wildman–Crippen MR) is 90.2 cm³/mol. The number of carbonyl (C=O) groups is 2. The topological polar surface area (TPSA) is 97.3 Å².